The number of esters is 1. The van der Waals surface area contributed by atoms with E-state index in [2.05, 4.69) is 20.3 Å². The maximum absolute atomic E-state index is 14.3. The molecule has 0 aliphatic rings. The summed E-state index contributed by atoms with van der Waals surface area (Å²) in [5, 5.41) is 8.18. The first kappa shape index (κ1) is 34.2. The highest BCUT2D eigenvalue weighted by molar-refractivity contribution is 7.99. The molecule has 5 aromatic rings. The molecule has 3 aromatic heterocycles. The molecule has 10 nitrogen and oxygen atoms in total. The summed E-state index contributed by atoms with van der Waals surface area (Å²) in [6.07, 6.45) is 8.64. The van der Waals surface area contributed by atoms with Gasteiger partial charge in [-0.15, -0.1) is 0 Å². The molecular formula is C34H36N6O4S2. The maximum atomic E-state index is 14.3. The molecule has 0 spiro atoms. The third-order valence-electron chi connectivity index (χ3n) is 6.78. The average Bonchev–Trinajstić information content (AvgIpc) is 3.66. The van der Waals surface area contributed by atoms with Crippen LogP contribution in [-0.2, 0) is 16.0 Å². The summed E-state index contributed by atoms with van der Waals surface area (Å²) < 4.78 is 6.95. The summed E-state index contributed by atoms with van der Waals surface area (Å²) in [5.74, 6) is -1.80. The topological polar surface area (TPSA) is 132 Å². The number of imidazole rings is 1. The van der Waals surface area contributed by atoms with Crippen molar-refractivity contribution in [2.24, 2.45) is 5.92 Å². The lowest BCUT2D eigenvalue weighted by atomic mass is 9.98. The van der Waals surface area contributed by atoms with Gasteiger partial charge in [-0.25, -0.2) is 4.98 Å². The Hall–Kier alpha value is -4.68. The van der Waals surface area contributed by atoms with Crippen LogP contribution in [0.2, 0.25) is 0 Å². The zero-order chi connectivity index (χ0) is 32.0. The van der Waals surface area contributed by atoms with E-state index in [4.69, 9.17) is 9.84 Å². The summed E-state index contributed by atoms with van der Waals surface area (Å²) in [4.78, 5) is 52.8. The minimum Gasteiger partial charge on any atom is -0.460 e. The fourth-order valence-electron chi connectivity index (χ4n) is 4.78. The van der Waals surface area contributed by atoms with E-state index in [1.165, 1.54) is 22.8 Å². The number of rotatable bonds is 10. The molecule has 0 unspecified atom stereocenters. The SMILES string of the molecule is CNC(=O)c1ccccc1Sc1ccc2c(/C=C/c3ccccn3)nn(C(=O)[C@@H](CC(=O)OC(C)(C)C)Cc3cnc[nH]3)c2c1.S. The second-order valence-electron chi connectivity index (χ2n) is 11.3. The molecule has 0 saturated carbocycles. The molecule has 0 aliphatic heterocycles. The highest BCUT2D eigenvalue weighted by atomic mass is 32.2. The van der Waals surface area contributed by atoms with E-state index in [1.807, 2.05) is 66.7 Å². The number of aromatic nitrogens is 5. The Bertz CT molecular complexity index is 1850. The van der Waals surface area contributed by atoms with Gasteiger partial charge in [0.15, 0.2) is 0 Å². The van der Waals surface area contributed by atoms with Crippen molar-refractivity contribution in [2.75, 3.05) is 7.05 Å². The third-order valence-corrected chi connectivity index (χ3v) is 7.85. The standard InChI is InChI=1S/C34H34N6O4S.H2S/c1-34(2,3)44-31(41)18-22(17-24-20-36-21-38-24)33(43)40-29-19-25(45-30-11-6-5-10-27(30)32(42)35-4)13-14-26(29)28(39-40)15-12-23-9-7-8-16-37-23;/h5-16,19-22H,17-18H2,1-4H3,(H,35,42)(H,36,38);1H2/b15-12+;/t22-;/m1./s1. The van der Waals surface area contributed by atoms with E-state index in [1.54, 1.807) is 46.3 Å². The van der Waals surface area contributed by atoms with Crippen LogP contribution in [0.25, 0.3) is 23.1 Å². The van der Waals surface area contributed by atoms with Crippen LogP contribution in [0.15, 0.2) is 89.2 Å². The molecule has 3 heterocycles. The molecule has 0 fully saturated rings. The number of carbonyl (C=O) groups is 3. The van der Waals surface area contributed by atoms with Crippen molar-refractivity contribution < 1.29 is 19.1 Å². The molecule has 0 radical (unpaired) electrons. The molecule has 2 N–H and O–H groups in total. The van der Waals surface area contributed by atoms with E-state index in [0.717, 1.165) is 20.9 Å². The number of ether oxygens (including phenoxy) is 1. The number of H-pyrrole nitrogens is 1. The van der Waals surface area contributed by atoms with Gasteiger partial charge >= 0.3 is 5.97 Å². The van der Waals surface area contributed by atoms with Gasteiger partial charge < -0.3 is 15.0 Å². The quantitative estimate of drug-likeness (QED) is 0.171. The van der Waals surface area contributed by atoms with Gasteiger partial charge in [0.25, 0.3) is 11.8 Å². The largest absolute Gasteiger partial charge is 0.460 e. The molecule has 238 valence electrons. The number of fused-ring (bicyclic) bond motifs is 1. The van der Waals surface area contributed by atoms with Crippen molar-refractivity contribution in [3.63, 3.8) is 0 Å². The number of carbonyl (C=O) groups excluding carboxylic acids is 3. The van der Waals surface area contributed by atoms with Crippen LogP contribution in [0.3, 0.4) is 0 Å². The van der Waals surface area contributed by atoms with Gasteiger partial charge in [0.2, 0.25) is 0 Å². The van der Waals surface area contributed by atoms with Gasteiger partial charge in [-0.2, -0.15) is 23.3 Å². The molecule has 0 saturated heterocycles. The Labute approximate surface area is 278 Å². The van der Waals surface area contributed by atoms with Crippen molar-refractivity contribution in [3.8, 4) is 0 Å². The number of hydrogen-bond acceptors (Lipinski definition) is 8. The molecule has 0 aliphatic carbocycles. The van der Waals surface area contributed by atoms with Gasteiger partial charge in [0.1, 0.15) is 5.60 Å². The number of pyridine rings is 1. The molecule has 12 heteroatoms. The maximum Gasteiger partial charge on any atom is 0.307 e. The van der Waals surface area contributed by atoms with Gasteiger partial charge in [0, 0.05) is 46.7 Å². The van der Waals surface area contributed by atoms with E-state index in [-0.39, 0.29) is 38.2 Å². The number of hydrogen-bond donors (Lipinski definition) is 2. The Kier molecular flexibility index (Phi) is 11.2. The molecule has 2 aromatic carbocycles. The van der Waals surface area contributed by atoms with Crippen molar-refractivity contribution >= 4 is 66.1 Å². The summed E-state index contributed by atoms with van der Waals surface area (Å²) in [5.41, 5.74) is 2.45. The predicted octanol–water partition coefficient (Wildman–Crippen LogP) is 6.18. The van der Waals surface area contributed by atoms with Crippen molar-refractivity contribution in [2.45, 2.75) is 49.0 Å². The lowest BCUT2D eigenvalue weighted by Gasteiger charge is -2.21. The Morgan fingerprint density at radius 3 is 2.54 bits per heavy atom. The number of amides is 1. The first-order chi connectivity index (χ1) is 21.6. The minimum atomic E-state index is -0.777. The number of nitrogens with zero attached hydrogens (tertiary/aromatic N) is 4. The Morgan fingerprint density at radius 2 is 1.85 bits per heavy atom. The van der Waals surface area contributed by atoms with Crippen LogP contribution in [0.1, 0.15) is 59.4 Å². The summed E-state index contributed by atoms with van der Waals surface area (Å²) >= 11 is 1.41. The smallest absolute Gasteiger partial charge is 0.307 e. The summed E-state index contributed by atoms with van der Waals surface area (Å²) in [6, 6.07) is 18.7. The number of nitrogens with one attached hydrogen (secondary N) is 2. The van der Waals surface area contributed by atoms with Crippen LogP contribution in [0.5, 0.6) is 0 Å². The molecule has 0 bridgehead atoms. The second kappa shape index (κ2) is 15.1. The van der Waals surface area contributed by atoms with E-state index >= 15 is 0 Å². The fourth-order valence-corrected chi connectivity index (χ4v) is 5.76. The fraction of sp³-hybridized carbons (Fsp3) is 0.235. The van der Waals surface area contributed by atoms with Crippen LogP contribution >= 0.6 is 25.3 Å². The van der Waals surface area contributed by atoms with Gasteiger partial charge in [-0.3, -0.25) is 19.4 Å². The van der Waals surface area contributed by atoms with Crippen molar-refractivity contribution in [1.82, 2.24) is 30.0 Å². The van der Waals surface area contributed by atoms with Crippen LogP contribution in [-0.4, -0.2) is 55.2 Å². The molecular weight excluding hydrogens is 621 g/mol. The molecule has 5 rings (SSSR count). The Balaban J connectivity index is 0.00000480. The normalized spacial score (nSPS) is 12.1. The van der Waals surface area contributed by atoms with Crippen molar-refractivity contribution in [1.29, 1.82) is 0 Å². The number of benzene rings is 2. The highest BCUT2D eigenvalue weighted by Gasteiger charge is 2.29. The van der Waals surface area contributed by atoms with E-state index in [9.17, 15) is 14.4 Å². The van der Waals surface area contributed by atoms with Crippen LogP contribution in [0.4, 0.5) is 0 Å². The lowest BCUT2D eigenvalue weighted by molar-refractivity contribution is -0.155. The minimum absolute atomic E-state index is 0. The molecule has 46 heavy (non-hydrogen) atoms. The second-order valence-corrected chi connectivity index (χ2v) is 12.5. The van der Waals surface area contributed by atoms with E-state index < -0.39 is 17.5 Å². The monoisotopic (exact) mass is 656 g/mol. The third kappa shape index (κ3) is 8.52. The van der Waals surface area contributed by atoms with Gasteiger partial charge in [0.05, 0.1) is 41.1 Å². The summed E-state index contributed by atoms with van der Waals surface area (Å²) in [7, 11) is 1.59. The summed E-state index contributed by atoms with van der Waals surface area (Å²) in [6.45, 7) is 5.37. The molecule has 1 amide bonds. The lowest BCUT2D eigenvalue weighted by Crippen LogP contribution is -2.31. The first-order valence-corrected chi connectivity index (χ1v) is 15.3. The average molecular weight is 657 g/mol. The van der Waals surface area contributed by atoms with Gasteiger partial charge in [-0.1, -0.05) is 30.0 Å². The van der Waals surface area contributed by atoms with E-state index in [0.29, 0.717) is 22.5 Å². The van der Waals surface area contributed by atoms with Gasteiger partial charge in [-0.05, 0) is 75.4 Å². The molecule has 1 atom stereocenters. The number of aromatic amines is 1. The first-order valence-electron chi connectivity index (χ1n) is 14.5. The zero-order valence-corrected chi connectivity index (χ0v) is 27.8. The predicted molar refractivity (Wildman–Crippen MR) is 184 cm³/mol. The zero-order valence-electron chi connectivity index (χ0n) is 26.0. The van der Waals surface area contributed by atoms with Crippen molar-refractivity contribution in [3.05, 3.63) is 102 Å². The highest BCUT2D eigenvalue weighted by Crippen LogP contribution is 2.34. The van der Waals surface area contributed by atoms with Crippen LogP contribution in [0, 0.1) is 5.92 Å². The van der Waals surface area contributed by atoms with Crippen LogP contribution < -0.4 is 5.32 Å². The Morgan fingerprint density at radius 1 is 1.07 bits per heavy atom.